The van der Waals surface area contributed by atoms with Crippen LogP contribution in [0.15, 0.2) is 30.6 Å². The summed E-state index contributed by atoms with van der Waals surface area (Å²) in [7, 11) is 1.82. The molecule has 1 atom stereocenters. The molecular weight excluding hydrogens is 233 g/mol. The van der Waals surface area contributed by atoms with E-state index in [4.69, 9.17) is 0 Å². The molecule has 0 saturated carbocycles. The van der Waals surface area contributed by atoms with Gasteiger partial charge >= 0.3 is 0 Å². The van der Waals surface area contributed by atoms with Gasteiger partial charge in [0.25, 0.3) is 0 Å². The zero-order valence-corrected chi connectivity index (χ0v) is 10.5. The van der Waals surface area contributed by atoms with Crippen LogP contribution in [0.25, 0.3) is 0 Å². The number of aryl methyl sites for hydroxylation is 1. The van der Waals surface area contributed by atoms with Crippen LogP contribution < -0.4 is 0 Å². The van der Waals surface area contributed by atoms with Crippen molar-refractivity contribution in [1.29, 1.82) is 0 Å². The lowest BCUT2D eigenvalue weighted by molar-refractivity contribution is 0.0271. The second kappa shape index (κ2) is 4.86. The molecule has 0 fully saturated rings. The van der Waals surface area contributed by atoms with Crippen molar-refractivity contribution in [3.8, 4) is 0 Å². The Morgan fingerprint density at radius 2 is 2.17 bits per heavy atom. The van der Waals surface area contributed by atoms with Crippen LogP contribution in [0.2, 0.25) is 0 Å². The highest BCUT2D eigenvalue weighted by atomic mass is 19.1. The molecule has 18 heavy (non-hydrogen) atoms. The Bertz CT molecular complexity index is 523. The van der Waals surface area contributed by atoms with Crippen LogP contribution in [-0.2, 0) is 19.1 Å². The largest absolute Gasteiger partial charge is 0.383 e. The Balaban J connectivity index is 2.27. The van der Waals surface area contributed by atoms with E-state index in [9.17, 15) is 9.50 Å². The molecule has 0 spiro atoms. The zero-order valence-electron chi connectivity index (χ0n) is 10.5. The summed E-state index contributed by atoms with van der Waals surface area (Å²) < 4.78 is 14.5. The number of aromatic nitrogens is 3. The maximum atomic E-state index is 12.8. The van der Waals surface area contributed by atoms with Gasteiger partial charge in [0.15, 0.2) is 0 Å². The summed E-state index contributed by atoms with van der Waals surface area (Å²) in [5.41, 5.74) is 0.146. The number of pyridine rings is 1. The molecule has 96 valence electrons. The van der Waals surface area contributed by atoms with Crippen molar-refractivity contribution in [2.24, 2.45) is 7.05 Å². The molecule has 0 amide bonds. The Morgan fingerprint density at radius 1 is 1.39 bits per heavy atom. The van der Waals surface area contributed by atoms with Gasteiger partial charge in [-0.2, -0.15) is 5.10 Å². The monoisotopic (exact) mass is 249 g/mol. The maximum absolute atomic E-state index is 12.8. The van der Waals surface area contributed by atoms with E-state index in [1.807, 2.05) is 26.2 Å². The van der Waals surface area contributed by atoms with Gasteiger partial charge in [0.05, 0.1) is 17.6 Å². The van der Waals surface area contributed by atoms with Crippen molar-refractivity contribution in [3.63, 3.8) is 0 Å². The molecule has 2 heterocycles. The highest BCUT2D eigenvalue weighted by molar-refractivity contribution is 5.17. The number of rotatable bonds is 4. The molecule has 4 nitrogen and oxygen atoms in total. The molecule has 0 aromatic carbocycles. The minimum Gasteiger partial charge on any atom is -0.383 e. The minimum atomic E-state index is -1.11. The minimum absolute atomic E-state index is 0.364. The lowest BCUT2D eigenvalue weighted by Crippen LogP contribution is -2.29. The molecule has 0 aliphatic carbocycles. The van der Waals surface area contributed by atoms with Crippen molar-refractivity contribution in [2.45, 2.75) is 25.4 Å². The molecule has 2 aromatic heterocycles. The van der Waals surface area contributed by atoms with Gasteiger partial charge in [-0.3, -0.25) is 9.67 Å². The van der Waals surface area contributed by atoms with E-state index < -0.39 is 11.4 Å². The fraction of sp³-hybridized carbons (Fsp3) is 0.385. The lowest BCUT2D eigenvalue weighted by atomic mass is 9.90. The maximum Gasteiger partial charge on any atom is 0.141 e. The van der Waals surface area contributed by atoms with Crippen molar-refractivity contribution in [3.05, 3.63) is 47.8 Å². The van der Waals surface area contributed by atoms with Gasteiger partial charge < -0.3 is 5.11 Å². The summed E-state index contributed by atoms with van der Waals surface area (Å²) in [6, 6.07) is 4.67. The Labute approximate surface area is 105 Å². The summed E-state index contributed by atoms with van der Waals surface area (Å²) >= 11 is 0. The highest BCUT2D eigenvalue weighted by Crippen LogP contribution is 2.27. The average Bonchev–Trinajstić information content (AvgIpc) is 2.75. The first kappa shape index (κ1) is 12.7. The summed E-state index contributed by atoms with van der Waals surface area (Å²) in [5.74, 6) is -0.407. The van der Waals surface area contributed by atoms with Crippen LogP contribution in [0, 0.1) is 5.82 Å². The van der Waals surface area contributed by atoms with Gasteiger partial charge in [0.1, 0.15) is 11.4 Å². The third-order valence-electron chi connectivity index (χ3n) is 3.03. The van der Waals surface area contributed by atoms with Gasteiger partial charge in [0, 0.05) is 19.7 Å². The van der Waals surface area contributed by atoms with Gasteiger partial charge in [-0.15, -0.1) is 0 Å². The fourth-order valence-electron chi connectivity index (χ4n) is 1.90. The number of aliphatic hydroxyl groups is 1. The topological polar surface area (TPSA) is 50.9 Å². The predicted molar refractivity (Wildman–Crippen MR) is 65.3 cm³/mol. The summed E-state index contributed by atoms with van der Waals surface area (Å²) in [4.78, 5) is 3.96. The van der Waals surface area contributed by atoms with Crippen LogP contribution in [0.4, 0.5) is 4.39 Å². The number of hydrogen-bond acceptors (Lipinski definition) is 3. The molecular formula is C13H16FN3O. The van der Waals surface area contributed by atoms with Crippen LogP contribution in [0.3, 0.4) is 0 Å². The molecule has 0 radical (unpaired) electrons. The van der Waals surface area contributed by atoms with Gasteiger partial charge in [-0.1, -0.05) is 6.92 Å². The number of halogens is 1. The Hall–Kier alpha value is -1.75. The lowest BCUT2D eigenvalue weighted by Gasteiger charge is -2.25. The quantitative estimate of drug-likeness (QED) is 0.898. The van der Waals surface area contributed by atoms with Gasteiger partial charge in [0.2, 0.25) is 0 Å². The molecule has 2 aromatic rings. The third-order valence-corrected chi connectivity index (χ3v) is 3.03. The van der Waals surface area contributed by atoms with E-state index in [-0.39, 0.29) is 0 Å². The molecule has 0 bridgehead atoms. The standard InChI is InChI=1S/C13H16FN3O/c1-3-13(18,8-11-6-7-17(2)16-11)12-5-4-10(14)9-15-12/h4-7,9,18H,3,8H2,1-2H3. The normalized spacial score (nSPS) is 14.4. The van der Waals surface area contributed by atoms with Gasteiger partial charge in [-0.25, -0.2) is 4.39 Å². The van der Waals surface area contributed by atoms with Gasteiger partial charge in [-0.05, 0) is 24.6 Å². The van der Waals surface area contributed by atoms with E-state index in [1.54, 1.807) is 4.68 Å². The first-order chi connectivity index (χ1) is 8.53. The van der Waals surface area contributed by atoms with Crippen molar-refractivity contribution in [2.75, 3.05) is 0 Å². The fourth-order valence-corrected chi connectivity index (χ4v) is 1.90. The van der Waals surface area contributed by atoms with Crippen molar-refractivity contribution in [1.82, 2.24) is 14.8 Å². The summed E-state index contributed by atoms with van der Waals surface area (Å²) in [5, 5.41) is 14.9. The predicted octanol–water partition coefficient (Wildman–Crippen LogP) is 1.79. The number of nitrogens with zero attached hydrogens (tertiary/aromatic N) is 3. The van der Waals surface area contributed by atoms with Crippen molar-refractivity contribution >= 4 is 0 Å². The average molecular weight is 249 g/mol. The van der Waals surface area contributed by atoms with E-state index >= 15 is 0 Å². The zero-order chi connectivity index (χ0) is 13.2. The van der Waals surface area contributed by atoms with E-state index in [2.05, 4.69) is 10.1 Å². The van der Waals surface area contributed by atoms with Crippen molar-refractivity contribution < 1.29 is 9.50 Å². The molecule has 0 saturated heterocycles. The smallest absolute Gasteiger partial charge is 0.141 e. The van der Waals surface area contributed by atoms with Crippen LogP contribution in [-0.4, -0.2) is 19.9 Å². The molecule has 1 unspecified atom stereocenters. The Kier molecular flexibility index (Phi) is 3.43. The second-order valence-corrected chi connectivity index (χ2v) is 4.40. The van der Waals surface area contributed by atoms with E-state index in [0.29, 0.717) is 18.5 Å². The molecule has 0 aliphatic heterocycles. The summed E-state index contributed by atoms with van der Waals surface area (Å²) in [6.07, 6.45) is 3.79. The first-order valence-electron chi connectivity index (χ1n) is 5.86. The Morgan fingerprint density at radius 3 is 2.67 bits per heavy atom. The third kappa shape index (κ3) is 2.56. The van der Waals surface area contributed by atoms with Crippen LogP contribution >= 0.6 is 0 Å². The molecule has 1 N–H and O–H groups in total. The first-order valence-corrected chi connectivity index (χ1v) is 5.86. The van der Waals surface area contributed by atoms with E-state index in [0.717, 1.165) is 11.9 Å². The highest BCUT2D eigenvalue weighted by Gasteiger charge is 2.30. The van der Waals surface area contributed by atoms with E-state index in [1.165, 1.54) is 12.1 Å². The molecule has 0 aliphatic rings. The molecule has 2 rings (SSSR count). The second-order valence-electron chi connectivity index (χ2n) is 4.40. The number of hydrogen-bond donors (Lipinski definition) is 1. The summed E-state index contributed by atoms with van der Waals surface area (Å²) in [6.45, 7) is 1.87. The molecule has 5 heteroatoms. The SMILES string of the molecule is CCC(O)(Cc1ccn(C)n1)c1ccc(F)cn1. The van der Waals surface area contributed by atoms with Crippen LogP contribution in [0.5, 0.6) is 0 Å². The van der Waals surface area contributed by atoms with Crippen LogP contribution in [0.1, 0.15) is 24.7 Å².